The van der Waals surface area contributed by atoms with E-state index in [2.05, 4.69) is 16.7 Å². The minimum absolute atomic E-state index is 0.357. The zero-order valence-electron chi connectivity index (χ0n) is 14.8. The molecule has 27 heavy (non-hydrogen) atoms. The highest BCUT2D eigenvalue weighted by atomic mass is 16.5. The molecule has 0 amide bonds. The second-order valence-corrected chi connectivity index (χ2v) is 5.58. The highest BCUT2D eigenvalue weighted by molar-refractivity contribution is 5.81. The molecule has 3 aromatic rings. The van der Waals surface area contributed by atoms with Crippen molar-refractivity contribution in [1.29, 1.82) is 0 Å². The van der Waals surface area contributed by atoms with Crippen molar-refractivity contribution in [2.45, 2.75) is 6.92 Å². The summed E-state index contributed by atoms with van der Waals surface area (Å²) < 4.78 is 11.9. The molecular weight excluding hydrogens is 346 g/mol. The zero-order chi connectivity index (χ0) is 19.2. The number of nitrogens with one attached hydrogen (secondary N) is 1. The Morgan fingerprint density at radius 2 is 1.96 bits per heavy atom. The van der Waals surface area contributed by atoms with Crippen molar-refractivity contribution in [1.82, 2.24) is 9.66 Å². The highest BCUT2D eigenvalue weighted by Crippen LogP contribution is 2.28. The van der Waals surface area contributed by atoms with E-state index in [1.54, 1.807) is 48.5 Å². The number of benzene rings is 2. The lowest BCUT2D eigenvalue weighted by molar-refractivity contribution is 0.297. The first-order chi connectivity index (χ1) is 13.1. The molecular formula is C20H19N3O4. The molecule has 0 spiro atoms. The first-order valence-corrected chi connectivity index (χ1v) is 8.43. The van der Waals surface area contributed by atoms with Crippen molar-refractivity contribution in [3.8, 4) is 11.5 Å². The van der Waals surface area contributed by atoms with Crippen molar-refractivity contribution in [3.05, 3.63) is 81.5 Å². The minimum Gasteiger partial charge on any atom is -0.490 e. The van der Waals surface area contributed by atoms with E-state index in [1.807, 2.05) is 6.92 Å². The first-order valence-electron chi connectivity index (χ1n) is 8.43. The van der Waals surface area contributed by atoms with Gasteiger partial charge in [-0.05, 0) is 42.8 Å². The molecule has 1 aromatic heterocycles. The topological polar surface area (TPSA) is 85.7 Å². The number of hydrogen-bond donors (Lipinski definition) is 1. The summed E-state index contributed by atoms with van der Waals surface area (Å²) in [5.41, 5.74) is 0.0395. The van der Waals surface area contributed by atoms with Gasteiger partial charge in [-0.25, -0.2) is 4.79 Å². The largest absolute Gasteiger partial charge is 0.490 e. The Balaban J connectivity index is 1.97. The third-order valence-electron chi connectivity index (χ3n) is 3.73. The van der Waals surface area contributed by atoms with Crippen LogP contribution in [0.2, 0.25) is 0 Å². The van der Waals surface area contributed by atoms with Gasteiger partial charge >= 0.3 is 5.69 Å². The van der Waals surface area contributed by atoms with Crippen molar-refractivity contribution >= 4 is 17.1 Å². The van der Waals surface area contributed by atoms with Gasteiger partial charge in [0.05, 0.1) is 23.7 Å². The third kappa shape index (κ3) is 3.98. The van der Waals surface area contributed by atoms with Crippen molar-refractivity contribution in [2.24, 2.45) is 5.10 Å². The van der Waals surface area contributed by atoms with Crippen molar-refractivity contribution in [3.63, 3.8) is 0 Å². The van der Waals surface area contributed by atoms with Gasteiger partial charge in [0.1, 0.15) is 6.61 Å². The van der Waals surface area contributed by atoms with E-state index in [-0.39, 0.29) is 0 Å². The molecule has 0 fully saturated rings. The van der Waals surface area contributed by atoms with Crippen LogP contribution in [-0.4, -0.2) is 29.1 Å². The third-order valence-corrected chi connectivity index (χ3v) is 3.73. The number of ether oxygens (including phenoxy) is 2. The maximum Gasteiger partial charge on any atom is 0.349 e. The number of rotatable bonds is 7. The number of aromatic nitrogens is 2. The van der Waals surface area contributed by atoms with Crippen LogP contribution < -0.4 is 20.7 Å². The molecule has 0 aliphatic carbocycles. The summed E-state index contributed by atoms with van der Waals surface area (Å²) in [7, 11) is 0. The highest BCUT2D eigenvalue weighted by Gasteiger charge is 2.07. The van der Waals surface area contributed by atoms with Gasteiger partial charge in [-0.2, -0.15) is 5.10 Å². The predicted octanol–water partition coefficient (Wildman–Crippen LogP) is 2.54. The Morgan fingerprint density at radius 1 is 1.15 bits per heavy atom. The Labute approximate surface area is 155 Å². The molecule has 0 atom stereocenters. The molecule has 0 bridgehead atoms. The molecule has 0 saturated carbocycles. The van der Waals surface area contributed by atoms with Gasteiger partial charge in [0.25, 0.3) is 5.56 Å². The lowest BCUT2D eigenvalue weighted by Gasteiger charge is -2.11. The van der Waals surface area contributed by atoms with Gasteiger partial charge in [-0.15, -0.1) is 4.68 Å². The van der Waals surface area contributed by atoms with Gasteiger partial charge in [0.15, 0.2) is 11.5 Å². The van der Waals surface area contributed by atoms with E-state index in [1.165, 1.54) is 6.21 Å². The molecule has 7 heteroatoms. The molecule has 0 unspecified atom stereocenters. The van der Waals surface area contributed by atoms with Crippen LogP contribution in [-0.2, 0) is 0 Å². The minimum atomic E-state index is -0.606. The summed E-state index contributed by atoms with van der Waals surface area (Å²) in [6, 6.07) is 12.0. The van der Waals surface area contributed by atoms with E-state index < -0.39 is 11.2 Å². The number of nitrogens with zero attached hydrogens (tertiary/aromatic N) is 2. The summed E-state index contributed by atoms with van der Waals surface area (Å²) in [5.74, 6) is 1.12. The van der Waals surface area contributed by atoms with Crippen LogP contribution >= 0.6 is 0 Å². The monoisotopic (exact) mass is 365 g/mol. The molecule has 0 radical (unpaired) electrons. The smallest absolute Gasteiger partial charge is 0.349 e. The van der Waals surface area contributed by atoms with E-state index >= 15 is 0 Å². The number of aromatic amines is 1. The molecule has 2 aromatic carbocycles. The van der Waals surface area contributed by atoms with E-state index in [0.717, 1.165) is 4.68 Å². The molecule has 0 aliphatic rings. The fourth-order valence-corrected chi connectivity index (χ4v) is 2.52. The van der Waals surface area contributed by atoms with Gasteiger partial charge in [-0.1, -0.05) is 24.8 Å². The van der Waals surface area contributed by atoms with Gasteiger partial charge in [-0.3, -0.25) is 4.79 Å². The van der Waals surface area contributed by atoms with Crippen molar-refractivity contribution in [2.75, 3.05) is 13.2 Å². The maximum atomic E-state index is 12.5. The van der Waals surface area contributed by atoms with Crippen LogP contribution in [0, 0.1) is 0 Å². The molecule has 1 heterocycles. The van der Waals surface area contributed by atoms with E-state index in [0.29, 0.717) is 41.2 Å². The maximum absolute atomic E-state index is 12.5. The lowest BCUT2D eigenvalue weighted by atomic mass is 10.2. The Bertz CT molecular complexity index is 1110. The first kappa shape index (κ1) is 18.2. The van der Waals surface area contributed by atoms with Gasteiger partial charge in [0, 0.05) is 0 Å². The van der Waals surface area contributed by atoms with Crippen LogP contribution in [0.15, 0.2) is 69.8 Å². The fraction of sp³-hybridized carbons (Fsp3) is 0.150. The zero-order valence-corrected chi connectivity index (χ0v) is 14.8. The van der Waals surface area contributed by atoms with Crippen LogP contribution in [0.3, 0.4) is 0 Å². The van der Waals surface area contributed by atoms with Crippen LogP contribution in [0.25, 0.3) is 10.9 Å². The average molecular weight is 365 g/mol. The number of hydrogen-bond acceptors (Lipinski definition) is 5. The predicted molar refractivity (Wildman–Crippen MR) is 105 cm³/mol. The molecule has 0 saturated heterocycles. The summed E-state index contributed by atoms with van der Waals surface area (Å²) >= 11 is 0. The van der Waals surface area contributed by atoms with Crippen LogP contribution in [0.4, 0.5) is 0 Å². The Hall–Kier alpha value is -3.61. The average Bonchev–Trinajstić information content (AvgIpc) is 2.67. The lowest BCUT2D eigenvalue weighted by Crippen LogP contribution is -2.32. The number of fused-ring (bicyclic) bond motifs is 1. The SMILES string of the molecule is C=CCOc1ccc(C=Nn2c(=O)[nH]c3ccccc3c2=O)cc1OCC. The molecule has 1 N–H and O–H groups in total. The molecule has 7 nitrogen and oxygen atoms in total. The second-order valence-electron chi connectivity index (χ2n) is 5.58. The second kappa shape index (κ2) is 8.18. The van der Waals surface area contributed by atoms with Crippen molar-refractivity contribution < 1.29 is 9.47 Å². The summed E-state index contributed by atoms with van der Waals surface area (Å²) in [6.07, 6.45) is 3.06. The summed E-state index contributed by atoms with van der Waals surface area (Å²) in [5, 5.41) is 4.43. The fourth-order valence-electron chi connectivity index (χ4n) is 2.52. The standard InChI is InChI=1S/C20H19N3O4/c1-3-11-27-17-10-9-14(12-18(17)26-4-2)13-21-23-19(24)15-7-5-6-8-16(15)22-20(23)25/h3,5-10,12-13H,1,4,11H2,2H3,(H,22,25). The quantitative estimate of drug-likeness (QED) is 0.515. The summed E-state index contributed by atoms with van der Waals surface area (Å²) in [6.45, 7) is 6.31. The summed E-state index contributed by atoms with van der Waals surface area (Å²) in [4.78, 5) is 27.3. The number of H-pyrrole nitrogens is 1. The molecule has 138 valence electrons. The normalized spacial score (nSPS) is 11.0. The Kier molecular flexibility index (Phi) is 5.51. The molecule has 3 rings (SSSR count). The van der Waals surface area contributed by atoms with Gasteiger partial charge < -0.3 is 14.5 Å². The van der Waals surface area contributed by atoms with Crippen LogP contribution in [0.5, 0.6) is 11.5 Å². The number of para-hydroxylation sites is 1. The molecule has 0 aliphatic heterocycles. The van der Waals surface area contributed by atoms with Gasteiger partial charge in [0.2, 0.25) is 0 Å². The van der Waals surface area contributed by atoms with E-state index in [4.69, 9.17) is 9.47 Å². The van der Waals surface area contributed by atoms with E-state index in [9.17, 15) is 9.59 Å². The van der Waals surface area contributed by atoms with Crippen LogP contribution in [0.1, 0.15) is 12.5 Å². The Morgan fingerprint density at radius 3 is 2.74 bits per heavy atom.